The minimum atomic E-state index is -1.51. The molecule has 1 aromatic carbocycles. The average Bonchev–Trinajstić information content (AvgIpc) is 3.90. The van der Waals surface area contributed by atoms with Crippen LogP contribution in [0.4, 0.5) is 4.79 Å². The highest BCUT2D eigenvalue weighted by atomic mass is 35.5. The zero-order valence-corrected chi connectivity index (χ0v) is 31.7. The van der Waals surface area contributed by atoms with E-state index in [1.165, 1.54) is 36.3 Å². The second-order valence-corrected chi connectivity index (χ2v) is 16.9. The highest BCUT2D eigenvalue weighted by Crippen LogP contribution is 2.52. The predicted octanol–water partition coefficient (Wildman–Crippen LogP) is 5.42. The number of pyridine rings is 1. The number of carbonyl (C=O) groups excluding carboxylic acids is 3. The van der Waals surface area contributed by atoms with Crippen molar-refractivity contribution in [3.05, 3.63) is 35.9 Å². The Bertz CT molecular complexity index is 1740. The molecular weight excluding hydrogens is 712 g/mol. The number of carboxylic acid groups (broad SMARTS) is 1. The van der Waals surface area contributed by atoms with Gasteiger partial charge in [0.25, 0.3) is 0 Å². The molecule has 3 aliphatic carbocycles. The SMILES string of the molecule is C=C[C@@H]1C[C@]1(NC(=O)[C@@H]1C[C@@H](Oc2cc(SCC)nc3c(Cl)c(OCOC)ccc23)CN1C(=O)[C@@H](NC(=O)OC1C[C@@H]2C[C@@H]2C1)C(C)(C)C)C(=O)O. The van der Waals surface area contributed by atoms with Gasteiger partial charge < -0.3 is 39.6 Å². The van der Waals surface area contributed by atoms with Crippen LogP contribution >= 0.6 is 23.4 Å². The van der Waals surface area contributed by atoms with Gasteiger partial charge in [-0.2, -0.15) is 0 Å². The lowest BCUT2D eigenvalue weighted by Crippen LogP contribution is -2.59. The highest BCUT2D eigenvalue weighted by molar-refractivity contribution is 7.99. The van der Waals surface area contributed by atoms with Crippen LogP contribution in [0.15, 0.2) is 35.9 Å². The molecule has 15 heteroatoms. The van der Waals surface area contributed by atoms with Gasteiger partial charge in [-0.05, 0) is 60.8 Å². The van der Waals surface area contributed by atoms with Crippen LogP contribution in [0, 0.1) is 23.2 Å². The van der Waals surface area contributed by atoms with E-state index in [2.05, 4.69) is 17.2 Å². The number of nitrogens with zero attached hydrogens (tertiary/aromatic N) is 2. The Morgan fingerprint density at radius 2 is 1.88 bits per heavy atom. The Kier molecular flexibility index (Phi) is 10.9. The number of aliphatic carboxylic acids is 1. The van der Waals surface area contributed by atoms with Crippen molar-refractivity contribution >= 4 is 58.1 Å². The second kappa shape index (κ2) is 14.9. The summed E-state index contributed by atoms with van der Waals surface area (Å²) in [7, 11) is 1.51. The minimum absolute atomic E-state index is 0.00621. The zero-order valence-electron chi connectivity index (χ0n) is 30.1. The van der Waals surface area contributed by atoms with Gasteiger partial charge in [-0.3, -0.25) is 9.59 Å². The number of carboxylic acids is 1. The molecule has 3 N–H and O–H groups in total. The first-order chi connectivity index (χ1) is 24.7. The second-order valence-electron chi connectivity index (χ2n) is 15.2. The fraction of sp³-hybridized carbons (Fsp3) is 0.595. The van der Waals surface area contributed by atoms with Crippen LogP contribution < -0.4 is 20.1 Å². The third-order valence-corrected chi connectivity index (χ3v) is 11.6. The van der Waals surface area contributed by atoms with E-state index in [1.807, 2.05) is 27.7 Å². The van der Waals surface area contributed by atoms with Crippen molar-refractivity contribution < 1.29 is 43.2 Å². The lowest BCUT2D eigenvalue weighted by atomic mass is 9.85. The molecule has 1 saturated heterocycles. The summed E-state index contributed by atoms with van der Waals surface area (Å²) < 4.78 is 23.0. The summed E-state index contributed by atoms with van der Waals surface area (Å²) in [5.74, 6) is 0.0131. The van der Waals surface area contributed by atoms with Crippen LogP contribution in [0.2, 0.25) is 5.02 Å². The number of likely N-dealkylation sites (tertiary alicyclic amines) is 1. The molecule has 1 unspecified atom stereocenters. The van der Waals surface area contributed by atoms with E-state index in [1.54, 1.807) is 18.2 Å². The van der Waals surface area contributed by atoms with Crippen molar-refractivity contribution in [1.29, 1.82) is 0 Å². The Labute approximate surface area is 312 Å². The minimum Gasteiger partial charge on any atom is -0.488 e. The molecule has 0 bridgehead atoms. The third-order valence-electron chi connectivity index (χ3n) is 10.5. The molecule has 0 radical (unpaired) electrons. The number of ether oxygens (including phenoxy) is 4. The smallest absolute Gasteiger partial charge is 0.408 e. The average molecular weight is 759 g/mol. The molecule has 3 saturated carbocycles. The fourth-order valence-corrected chi connectivity index (χ4v) is 8.39. The normalized spacial score (nSPS) is 28.1. The first-order valence-corrected chi connectivity index (χ1v) is 19.0. The van der Waals surface area contributed by atoms with Crippen molar-refractivity contribution in [3.63, 3.8) is 0 Å². The molecule has 8 atom stereocenters. The molecule has 2 aromatic rings. The third kappa shape index (κ3) is 7.79. The van der Waals surface area contributed by atoms with Gasteiger partial charge in [0.2, 0.25) is 11.8 Å². The molecule has 282 valence electrons. The van der Waals surface area contributed by atoms with Gasteiger partial charge in [-0.1, -0.05) is 45.4 Å². The number of fused-ring (bicyclic) bond motifs is 2. The molecule has 0 spiro atoms. The number of carbonyl (C=O) groups is 4. The number of amides is 3. The largest absolute Gasteiger partial charge is 0.488 e. The molecule has 3 amide bonds. The number of hydrogen-bond acceptors (Lipinski definition) is 10. The zero-order chi connectivity index (χ0) is 37.5. The quantitative estimate of drug-likeness (QED) is 0.128. The highest BCUT2D eigenvalue weighted by Gasteiger charge is 2.61. The molecule has 4 aliphatic rings. The Morgan fingerprint density at radius 1 is 1.15 bits per heavy atom. The monoisotopic (exact) mass is 758 g/mol. The lowest BCUT2D eigenvalue weighted by molar-refractivity contribution is -0.146. The van der Waals surface area contributed by atoms with Crippen molar-refractivity contribution in [1.82, 2.24) is 20.5 Å². The summed E-state index contributed by atoms with van der Waals surface area (Å²) in [5, 5.41) is 17.1. The first kappa shape index (κ1) is 38.0. The Balaban J connectivity index is 1.29. The van der Waals surface area contributed by atoms with Crippen LogP contribution in [-0.2, 0) is 23.9 Å². The summed E-state index contributed by atoms with van der Waals surface area (Å²) in [6.45, 7) is 11.2. The van der Waals surface area contributed by atoms with E-state index >= 15 is 0 Å². The molecule has 1 aromatic heterocycles. The number of thioether (sulfide) groups is 1. The molecular formula is C37H47ClN4O9S. The number of aromatic nitrogens is 1. The lowest BCUT2D eigenvalue weighted by Gasteiger charge is -2.35. The Hall–Kier alpha value is -3.75. The number of methoxy groups -OCH3 is 1. The number of halogens is 1. The number of hydrogen-bond donors (Lipinski definition) is 3. The van der Waals surface area contributed by atoms with Crippen LogP contribution in [0.5, 0.6) is 11.5 Å². The number of nitrogens with one attached hydrogen (secondary N) is 2. The summed E-state index contributed by atoms with van der Waals surface area (Å²) in [6, 6.07) is 3.10. The van der Waals surface area contributed by atoms with Gasteiger partial charge in [0.05, 0.1) is 12.1 Å². The van der Waals surface area contributed by atoms with Crippen molar-refractivity contribution in [3.8, 4) is 11.5 Å². The number of benzene rings is 1. The predicted molar refractivity (Wildman–Crippen MR) is 194 cm³/mol. The number of alkyl carbamates (subject to hydrolysis) is 1. The Morgan fingerprint density at radius 3 is 2.50 bits per heavy atom. The summed E-state index contributed by atoms with van der Waals surface area (Å²) in [6.07, 6.45) is 3.02. The maximum atomic E-state index is 14.5. The van der Waals surface area contributed by atoms with E-state index in [9.17, 15) is 24.3 Å². The fourth-order valence-electron chi connectivity index (χ4n) is 7.49. The standard InChI is InChI=1S/C37H47ClN4O9S/c1-7-21-16-37(21,34(45)46)41-32(43)25-14-23(50-27-15-28(52-8-2)39-30-24(27)9-10-26(29(30)38)49-18-48-6)17-42(25)33(44)31(36(3,4)5)40-35(47)51-22-12-19-11-20(19)13-22/h7,9-10,15,19-23,25,31H,1,8,11-14,16-18H2,2-6H3,(H,40,47)(H,41,43)(H,45,46)/t19-,20+,21-,22?,23-,25+,31-,37-/m1/s1. The van der Waals surface area contributed by atoms with Gasteiger partial charge >= 0.3 is 12.1 Å². The van der Waals surface area contributed by atoms with Crippen LogP contribution in [0.25, 0.3) is 10.9 Å². The van der Waals surface area contributed by atoms with E-state index in [4.69, 9.17) is 35.5 Å². The van der Waals surface area contributed by atoms with Gasteiger partial charge in [0, 0.05) is 30.9 Å². The maximum absolute atomic E-state index is 14.5. The van der Waals surface area contributed by atoms with Gasteiger partial charge in [-0.25, -0.2) is 14.6 Å². The van der Waals surface area contributed by atoms with Crippen molar-refractivity contribution in [2.75, 3.05) is 26.2 Å². The molecule has 6 rings (SSSR count). The summed E-state index contributed by atoms with van der Waals surface area (Å²) in [5.41, 5.74) is -1.83. The van der Waals surface area contributed by atoms with E-state index < -0.39 is 58.9 Å². The topological polar surface area (TPSA) is 166 Å². The molecule has 13 nitrogen and oxygen atoms in total. The number of rotatable bonds is 14. The van der Waals surface area contributed by atoms with Crippen molar-refractivity contribution in [2.24, 2.45) is 23.2 Å². The summed E-state index contributed by atoms with van der Waals surface area (Å²) >= 11 is 8.24. The molecule has 1 aliphatic heterocycles. The molecule has 52 heavy (non-hydrogen) atoms. The molecule has 2 heterocycles. The van der Waals surface area contributed by atoms with Gasteiger partial charge in [-0.15, -0.1) is 18.3 Å². The first-order valence-electron chi connectivity index (χ1n) is 17.7. The van der Waals surface area contributed by atoms with Gasteiger partial charge in [0.15, 0.2) is 6.79 Å². The van der Waals surface area contributed by atoms with E-state index in [0.29, 0.717) is 39.3 Å². The van der Waals surface area contributed by atoms with Crippen molar-refractivity contribution in [2.45, 2.75) is 94.7 Å². The van der Waals surface area contributed by atoms with Crippen LogP contribution in [-0.4, -0.2) is 94.9 Å². The maximum Gasteiger partial charge on any atom is 0.408 e. The van der Waals surface area contributed by atoms with Crippen LogP contribution in [0.3, 0.4) is 0 Å². The summed E-state index contributed by atoms with van der Waals surface area (Å²) in [4.78, 5) is 60.2. The van der Waals surface area contributed by atoms with Crippen LogP contribution in [0.1, 0.15) is 59.8 Å². The molecule has 4 fully saturated rings. The van der Waals surface area contributed by atoms with Gasteiger partial charge in [0.1, 0.15) is 51.4 Å². The van der Waals surface area contributed by atoms with E-state index in [0.717, 1.165) is 18.6 Å². The van der Waals surface area contributed by atoms with E-state index in [-0.39, 0.29) is 37.3 Å².